The van der Waals surface area contributed by atoms with Gasteiger partial charge in [-0.3, -0.25) is 9.59 Å². The molecule has 5 nitrogen and oxygen atoms in total. The van der Waals surface area contributed by atoms with Gasteiger partial charge in [-0.05, 0) is 43.9 Å². The van der Waals surface area contributed by atoms with E-state index in [2.05, 4.69) is 0 Å². The Labute approximate surface area is 131 Å². The minimum absolute atomic E-state index is 0.0473. The SMILES string of the molecule is Cc1ccc(C(=O)N2CCCC(C(=O)N(C)C)C2)c(O)c1C. The molecule has 1 aromatic rings. The summed E-state index contributed by atoms with van der Waals surface area (Å²) < 4.78 is 0. The summed E-state index contributed by atoms with van der Waals surface area (Å²) >= 11 is 0. The number of carbonyl (C=O) groups excluding carboxylic acids is 2. The van der Waals surface area contributed by atoms with E-state index in [1.807, 2.05) is 13.0 Å². The van der Waals surface area contributed by atoms with E-state index in [0.717, 1.165) is 24.0 Å². The number of rotatable bonds is 2. The molecule has 1 heterocycles. The first-order valence-corrected chi connectivity index (χ1v) is 7.62. The van der Waals surface area contributed by atoms with E-state index in [4.69, 9.17) is 0 Å². The van der Waals surface area contributed by atoms with Gasteiger partial charge in [0.1, 0.15) is 5.75 Å². The Morgan fingerprint density at radius 1 is 1.27 bits per heavy atom. The van der Waals surface area contributed by atoms with E-state index in [-0.39, 0.29) is 23.5 Å². The van der Waals surface area contributed by atoms with Crippen LogP contribution in [0.5, 0.6) is 5.75 Å². The predicted octanol–water partition coefficient (Wildman–Crippen LogP) is 1.95. The number of aryl methyl sites for hydroxylation is 1. The molecular formula is C17H24N2O3. The molecule has 1 fully saturated rings. The second-order valence-electron chi connectivity index (χ2n) is 6.23. The van der Waals surface area contributed by atoms with E-state index in [1.54, 1.807) is 36.9 Å². The predicted molar refractivity (Wildman–Crippen MR) is 84.9 cm³/mol. The van der Waals surface area contributed by atoms with Gasteiger partial charge in [-0.1, -0.05) is 6.07 Å². The Kier molecular flexibility index (Phi) is 4.74. The van der Waals surface area contributed by atoms with Gasteiger partial charge >= 0.3 is 0 Å². The number of phenolic OH excluding ortho intramolecular Hbond substituents is 1. The molecule has 1 N–H and O–H groups in total. The number of likely N-dealkylation sites (tertiary alicyclic amines) is 1. The van der Waals surface area contributed by atoms with E-state index >= 15 is 0 Å². The standard InChI is InChI=1S/C17H24N2O3/c1-11-7-8-14(15(20)12(11)2)17(22)19-9-5-6-13(10-19)16(21)18(3)4/h7-8,13,20H,5-6,9-10H2,1-4H3. The van der Waals surface area contributed by atoms with Crippen LogP contribution in [0.2, 0.25) is 0 Å². The average Bonchev–Trinajstić information content (AvgIpc) is 2.51. The molecule has 5 heteroatoms. The van der Waals surface area contributed by atoms with Gasteiger partial charge in [0.05, 0.1) is 11.5 Å². The summed E-state index contributed by atoms with van der Waals surface area (Å²) in [5.74, 6) is -0.244. The maximum absolute atomic E-state index is 12.7. The molecule has 1 atom stereocenters. The molecule has 22 heavy (non-hydrogen) atoms. The van der Waals surface area contributed by atoms with Gasteiger partial charge in [0, 0.05) is 27.2 Å². The van der Waals surface area contributed by atoms with Crippen LogP contribution >= 0.6 is 0 Å². The highest BCUT2D eigenvalue weighted by molar-refractivity contribution is 5.97. The minimum Gasteiger partial charge on any atom is -0.507 e. The smallest absolute Gasteiger partial charge is 0.257 e. The third-order valence-electron chi connectivity index (χ3n) is 4.43. The fourth-order valence-electron chi connectivity index (χ4n) is 2.87. The molecule has 0 radical (unpaired) electrons. The van der Waals surface area contributed by atoms with Crippen LogP contribution in [0.4, 0.5) is 0 Å². The molecule has 1 saturated heterocycles. The molecular weight excluding hydrogens is 280 g/mol. The maximum Gasteiger partial charge on any atom is 0.257 e. The molecule has 0 saturated carbocycles. The second kappa shape index (κ2) is 6.38. The van der Waals surface area contributed by atoms with Crippen molar-refractivity contribution in [1.82, 2.24) is 9.80 Å². The summed E-state index contributed by atoms with van der Waals surface area (Å²) in [6.45, 7) is 4.75. The Hall–Kier alpha value is -2.04. The van der Waals surface area contributed by atoms with Crippen LogP contribution in [-0.4, -0.2) is 53.9 Å². The third kappa shape index (κ3) is 3.08. The van der Waals surface area contributed by atoms with Crippen LogP contribution in [0.25, 0.3) is 0 Å². The van der Waals surface area contributed by atoms with Gasteiger partial charge in [-0.2, -0.15) is 0 Å². The summed E-state index contributed by atoms with van der Waals surface area (Å²) in [7, 11) is 3.47. The first kappa shape index (κ1) is 16.3. The van der Waals surface area contributed by atoms with Gasteiger partial charge in [0.15, 0.2) is 0 Å². The van der Waals surface area contributed by atoms with Crippen molar-refractivity contribution >= 4 is 11.8 Å². The number of hydrogen-bond acceptors (Lipinski definition) is 3. The lowest BCUT2D eigenvalue weighted by Crippen LogP contribution is -2.45. The average molecular weight is 304 g/mol. The molecule has 0 aliphatic carbocycles. The van der Waals surface area contributed by atoms with Gasteiger partial charge < -0.3 is 14.9 Å². The zero-order valence-electron chi connectivity index (χ0n) is 13.7. The van der Waals surface area contributed by atoms with Gasteiger partial charge in [0.2, 0.25) is 5.91 Å². The number of phenols is 1. The van der Waals surface area contributed by atoms with Crippen molar-refractivity contribution in [3.63, 3.8) is 0 Å². The topological polar surface area (TPSA) is 60.9 Å². The van der Waals surface area contributed by atoms with Gasteiger partial charge in [0.25, 0.3) is 5.91 Å². The van der Waals surface area contributed by atoms with Crippen LogP contribution in [0.15, 0.2) is 12.1 Å². The van der Waals surface area contributed by atoms with Crippen LogP contribution in [-0.2, 0) is 4.79 Å². The maximum atomic E-state index is 12.7. The quantitative estimate of drug-likeness (QED) is 0.908. The monoisotopic (exact) mass is 304 g/mol. The van der Waals surface area contributed by atoms with E-state index in [0.29, 0.717) is 18.7 Å². The summed E-state index contributed by atoms with van der Waals surface area (Å²) in [5.41, 5.74) is 2.00. The Morgan fingerprint density at radius 3 is 2.59 bits per heavy atom. The molecule has 1 unspecified atom stereocenters. The molecule has 1 aliphatic rings. The van der Waals surface area contributed by atoms with Crippen LogP contribution in [0.1, 0.15) is 34.3 Å². The Morgan fingerprint density at radius 2 is 1.95 bits per heavy atom. The Bertz CT molecular complexity index is 596. The third-order valence-corrected chi connectivity index (χ3v) is 4.43. The zero-order valence-corrected chi connectivity index (χ0v) is 13.7. The number of nitrogens with zero attached hydrogens (tertiary/aromatic N) is 2. The lowest BCUT2D eigenvalue weighted by Gasteiger charge is -2.33. The first-order chi connectivity index (χ1) is 10.3. The summed E-state index contributed by atoms with van der Waals surface area (Å²) in [4.78, 5) is 28.0. The fraction of sp³-hybridized carbons (Fsp3) is 0.529. The molecule has 2 rings (SSSR count). The molecule has 0 spiro atoms. The second-order valence-corrected chi connectivity index (χ2v) is 6.23. The molecule has 2 amide bonds. The highest BCUT2D eigenvalue weighted by atomic mass is 16.3. The highest BCUT2D eigenvalue weighted by Gasteiger charge is 2.30. The van der Waals surface area contributed by atoms with E-state index in [9.17, 15) is 14.7 Å². The van der Waals surface area contributed by atoms with Gasteiger partial charge in [-0.15, -0.1) is 0 Å². The number of amides is 2. The number of benzene rings is 1. The van der Waals surface area contributed by atoms with Crippen molar-refractivity contribution in [3.8, 4) is 5.75 Å². The number of carbonyl (C=O) groups is 2. The van der Waals surface area contributed by atoms with Crippen molar-refractivity contribution in [2.24, 2.45) is 5.92 Å². The molecule has 0 aromatic heterocycles. The van der Waals surface area contributed by atoms with Crippen LogP contribution < -0.4 is 0 Å². The molecule has 0 bridgehead atoms. The van der Waals surface area contributed by atoms with Crippen molar-refractivity contribution in [1.29, 1.82) is 0 Å². The van der Waals surface area contributed by atoms with E-state index in [1.165, 1.54) is 0 Å². The fourth-order valence-corrected chi connectivity index (χ4v) is 2.87. The molecule has 120 valence electrons. The highest BCUT2D eigenvalue weighted by Crippen LogP contribution is 2.28. The first-order valence-electron chi connectivity index (χ1n) is 7.62. The van der Waals surface area contributed by atoms with Crippen LogP contribution in [0.3, 0.4) is 0 Å². The normalized spacial score (nSPS) is 18.2. The number of aromatic hydroxyl groups is 1. The largest absolute Gasteiger partial charge is 0.507 e. The Balaban J connectivity index is 2.19. The van der Waals surface area contributed by atoms with Crippen molar-refractivity contribution in [2.75, 3.05) is 27.2 Å². The lowest BCUT2D eigenvalue weighted by atomic mass is 9.95. The number of piperidine rings is 1. The van der Waals surface area contributed by atoms with E-state index < -0.39 is 0 Å². The van der Waals surface area contributed by atoms with Crippen molar-refractivity contribution in [2.45, 2.75) is 26.7 Å². The summed E-state index contributed by atoms with van der Waals surface area (Å²) in [6.07, 6.45) is 1.61. The van der Waals surface area contributed by atoms with Crippen molar-refractivity contribution in [3.05, 3.63) is 28.8 Å². The van der Waals surface area contributed by atoms with Gasteiger partial charge in [-0.25, -0.2) is 0 Å². The number of hydrogen-bond donors (Lipinski definition) is 1. The molecule has 1 aliphatic heterocycles. The van der Waals surface area contributed by atoms with Crippen molar-refractivity contribution < 1.29 is 14.7 Å². The summed E-state index contributed by atoms with van der Waals surface area (Å²) in [5, 5.41) is 10.2. The molecule has 1 aromatic carbocycles. The minimum atomic E-state index is -0.197. The zero-order chi connectivity index (χ0) is 16.4. The lowest BCUT2D eigenvalue weighted by molar-refractivity contribution is -0.134. The summed E-state index contributed by atoms with van der Waals surface area (Å²) in [6, 6.07) is 3.51. The van der Waals surface area contributed by atoms with Crippen LogP contribution in [0, 0.1) is 19.8 Å².